The summed E-state index contributed by atoms with van der Waals surface area (Å²) in [7, 11) is 0. The quantitative estimate of drug-likeness (QED) is 0.869. The summed E-state index contributed by atoms with van der Waals surface area (Å²) in [4.78, 5) is 15.3. The van der Waals surface area contributed by atoms with Gasteiger partial charge in [0.25, 0.3) is 0 Å². The van der Waals surface area contributed by atoms with E-state index in [9.17, 15) is 4.79 Å². The van der Waals surface area contributed by atoms with Crippen LogP contribution in [-0.2, 0) is 4.79 Å². The number of hydrogen-bond acceptors (Lipinski definition) is 4. The van der Waals surface area contributed by atoms with Crippen LogP contribution < -0.4 is 11.1 Å². The number of nitrogens with one attached hydrogen (secondary N) is 1. The van der Waals surface area contributed by atoms with Crippen LogP contribution in [-0.4, -0.2) is 16.9 Å². The van der Waals surface area contributed by atoms with Crippen molar-refractivity contribution in [2.45, 2.75) is 19.4 Å². The number of para-hydroxylation sites is 1. The molecule has 0 aliphatic rings. The molecular weight excluding hydrogens is 240 g/mol. The molecule has 1 heterocycles. The van der Waals surface area contributed by atoms with Crippen molar-refractivity contribution in [2.24, 2.45) is 5.73 Å². The zero-order valence-corrected chi connectivity index (χ0v) is 10.6. The largest absolute Gasteiger partial charge is 0.370 e. The number of nitrogens with zero attached hydrogens (tertiary/aromatic N) is 2. The molecule has 1 aromatic heterocycles. The average Bonchev–Trinajstić information content (AvgIpc) is 2.36. The Morgan fingerprint density at radius 3 is 2.95 bits per heavy atom. The zero-order valence-electron chi connectivity index (χ0n) is 10.6. The number of anilines is 1. The van der Waals surface area contributed by atoms with Crippen LogP contribution in [0.5, 0.6) is 0 Å². The first-order valence-electron chi connectivity index (χ1n) is 5.95. The fourth-order valence-electron chi connectivity index (χ4n) is 1.95. The van der Waals surface area contributed by atoms with Crippen LogP contribution in [0, 0.1) is 11.3 Å². The molecular formula is C14H14N4O. The molecule has 19 heavy (non-hydrogen) atoms. The number of carbonyl (C=O) groups is 1. The molecule has 0 bridgehead atoms. The van der Waals surface area contributed by atoms with E-state index in [2.05, 4.69) is 16.4 Å². The molecule has 1 amide bonds. The molecule has 1 aromatic carbocycles. The van der Waals surface area contributed by atoms with E-state index in [1.807, 2.05) is 31.2 Å². The van der Waals surface area contributed by atoms with Gasteiger partial charge in [0.2, 0.25) is 5.91 Å². The van der Waals surface area contributed by atoms with E-state index in [-0.39, 0.29) is 18.4 Å². The van der Waals surface area contributed by atoms with E-state index in [0.29, 0.717) is 11.4 Å². The molecule has 0 fully saturated rings. The summed E-state index contributed by atoms with van der Waals surface area (Å²) in [5.74, 6) is 0.199. The third-order valence-electron chi connectivity index (χ3n) is 2.74. The summed E-state index contributed by atoms with van der Waals surface area (Å²) in [6, 6.07) is 11.1. The van der Waals surface area contributed by atoms with E-state index in [1.54, 1.807) is 6.07 Å². The van der Waals surface area contributed by atoms with E-state index >= 15 is 0 Å². The maximum absolute atomic E-state index is 10.8. The number of benzene rings is 1. The Morgan fingerprint density at radius 1 is 1.53 bits per heavy atom. The van der Waals surface area contributed by atoms with Crippen LogP contribution >= 0.6 is 0 Å². The lowest BCUT2D eigenvalue weighted by Crippen LogP contribution is -2.24. The molecule has 0 saturated carbocycles. The standard InChI is InChI=1S/C14H14N4O/c1-9(6-13(16)19)17-14-7-10(8-15)11-4-2-3-5-12(11)18-14/h2-5,7,9H,6H2,1H3,(H2,16,19)(H,17,18). The molecule has 5 nitrogen and oxygen atoms in total. The van der Waals surface area contributed by atoms with Crippen molar-refractivity contribution in [1.82, 2.24) is 4.98 Å². The Bertz CT molecular complexity index is 660. The maximum Gasteiger partial charge on any atom is 0.219 e. The third-order valence-corrected chi connectivity index (χ3v) is 2.74. The highest BCUT2D eigenvalue weighted by Crippen LogP contribution is 2.20. The molecule has 0 spiro atoms. The second-order valence-corrected chi connectivity index (χ2v) is 4.40. The first kappa shape index (κ1) is 12.8. The minimum atomic E-state index is -0.374. The van der Waals surface area contributed by atoms with E-state index in [0.717, 1.165) is 10.9 Å². The topological polar surface area (TPSA) is 91.8 Å². The molecule has 1 atom stereocenters. The molecule has 0 aliphatic heterocycles. The normalized spacial score (nSPS) is 11.8. The zero-order chi connectivity index (χ0) is 13.8. The first-order valence-corrected chi connectivity index (χ1v) is 5.95. The number of pyridine rings is 1. The van der Waals surface area contributed by atoms with Gasteiger partial charge in [-0.3, -0.25) is 4.79 Å². The number of amides is 1. The highest BCUT2D eigenvalue weighted by molar-refractivity contribution is 5.86. The first-order chi connectivity index (χ1) is 9.10. The summed E-state index contributed by atoms with van der Waals surface area (Å²) >= 11 is 0. The van der Waals surface area contributed by atoms with Crippen LogP contribution in [0.3, 0.4) is 0 Å². The summed E-state index contributed by atoms with van der Waals surface area (Å²) < 4.78 is 0. The monoisotopic (exact) mass is 254 g/mol. The van der Waals surface area contributed by atoms with Gasteiger partial charge in [-0.05, 0) is 19.1 Å². The maximum atomic E-state index is 10.8. The number of hydrogen-bond donors (Lipinski definition) is 2. The number of primary amides is 1. The van der Waals surface area contributed by atoms with Crippen molar-refractivity contribution in [3.8, 4) is 6.07 Å². The molecule has 96 valence electrons. The van der Waals surface area contributed by atoms with Gasteiger partial charge in [0.1, 0.15) is 5.82 Å². The lowest BCUT2D eigenvalue weighted by atomic mass is 10.1. The lowest BCUT2D eigenvalue weighted by Gasteiger charge is -2.13. The van der Waals surface area contributed by atoms with Gasteiger partial charge < -0.3 is 11.1 Å². The predicted molar refractivity (Wildman–Crippen MR) is 73.4 cm³/mol. The molecule has 0 radical (unpaired) electrons. The van der Waals surface area contributed by atoms with Gasteiger partial charge in [-0.15, -0.1) is 0 Å². The van der Waals surface area contributed by atoms with Gasteiger partial charge in [-0.25, -0.2) is 4.98 Å². The Morgan fingerprint density at radius 2 is 2.26 bits per heavy atom. The van der Waals surface area contributed by atoms with Gasteiger partial charge in [-0.1, -0.05) is 18.2 Å². The minimum absolute atomic E-state index is 0.127. The van der Waals surface area contributed by atoms with Crippen molar-refractivity contribution in [2.75, 3.05) is 5.32 Å². The number of nitriles is 1. The Kier molecular flexibility index (Phi) is 3.62. The van der Waals surface area contributed by atoms with Gasteiger partial charge in [-0.2, -0.15) is 5.26 Å². The van der Waals surface area contributed by atoms with E-state index in [4.69, 9.17) is 11.0 Å². The fraction of sp³-hybridized carbons (Fsp3) is 0.214. The Labute approximate surface area is 111 Å². The fourth-order valence-corrected chi connectivity index (χ4v) is 1.95. The summed E-state index contributed by atoms with van der Waals surface area (Å²) in [6.07, 6.45) is 0.219. The van der Waals surface area contributed by atoms with Crippen molar-refractivity contribution in [3.63, 3.8) is 0 Å². The summed E-state index contributed by atoms with van der Waals surface area (Å²) in [6.45, 7) is 1.84. The van der Waals surface area contributed by atoms with Crippen LogP contribution in [0.25, 0.3) is 10.9 Å². The number of nitrogens with two attached hydrogens (primary N) is 1. The predicted octanol–water partition coefficient (Wildman–Crippen LogP) is 1.78. The summed E-state index contributed by atoms with van der Waals surface area (Å²) in [5, 5.41) is 13.1. The number of aromatic nitrogens is 1. The van der Waals surface area contributed by atoms with Gasteiger partial charge in [0.05, 0.1) is 17.1 Å². The van der Waals surface area contributed by atoms with Crippen LogP contribution in [0.4, 0.5) is 5.82 Å². The van der Waals surface area contributed by atoms with Crippen molar-refractivity contribution in [1.29, 1.82) is 5.26 Å². The smallest absolute Gasteiger partial charge is 0.219 e. The van der Waals surface area contributed by atoms with Crippen molar-refractivity contribution < 1.29 is 4.79 Å². The highest BCUT2D eigenvalue weighted by atomic mass is 16.1. The third kappa shape index (κ3) is 2.99. The average molecular weight is 254 g/mol. The van der Waals surface area contributed by atoms with Crippen molar-refractivity contribution >= 4 is 22.6 Å². The van der Waals surface area contributed by atoms with Gasteiger partial charge in [0, 0.05) is 17.8 Å². The number of fused-ring (bicyclic) bond motifs is 1. The molecule has 5 heteroatoms. The van der Waals surface area contributed by atoms with Crippen LogP contribution in [0.2, 0.25) is 0 Å². The minimum Gasteiger partial charge on any atom is -0.370 e. The molecule has 0 saturated heterocycles. The second kappa shape index (κ2) is 5.36. The number of carbonyl (C=O) groups excluding carboxylic acids is 1. The Hall–Kier alpha value is -2.61. The van der Waals surface area contributed by atoms with Crippen LogP contribution in [0.1, 0.15) is 18.9 Å². The molecule has 3 N–H and O–H groups in total. The van der Waals surface area contributed by atoms with Crippen LogP contribution in [0.15, 0.2) is 30.3 Å². The SMILES string of the molecule is CC(CC(N)=O)Nc1cc(C#N)c2ccccc2n1. The second-order valence-electron chi connectivity index (χ2n) is 4.40. The number of rotatable bonds is 4. The molecule has 0 aliphatic carbocycles. The Balaban J connectivity index is 2.35. The lowest BCUT2D eigenvalue weighted by molar-refractivity contribution is -0.118. The van der Waals surface area contributed by atoms with E-state index < -0.39 is 0 Å². The molecule has 2 rings (SSSR count). The van der Waals surface area contributed by atoms with Crippen molar-refractivity contribution in [3.05, 3.63) is 35.9 Å². The van der Waals surface area contributed by atoms with Gasteiger partial charge in [0.15, 0.2) is 0 Å². The van der Waals surface area contributed by atoms with E-state index in [1.165, 1.54) is 0 Å². The molecule has 1 unspecified atom stereocenters. The molecule has 2 aromatic rings. The highest BCUT2D eigenvalue weighted by Gasteiger charge is 2.09. The van der Waals surface area contributed by atoms with Gasteiger partial charge >= 0.3 is 0 Å². The summed E-state index contributed by atoms with van der Waals surface area (Å²) in [5.41, 5.74) is 6.44.